The molecule has 0 aliphatic carbocycles. The molecule has 3 amide bonds. The van der Waals surface area contributed by atoms with Crippen LogP contribution in [0.2, 0.25) is 0 Å². The van der Waals surface area contributed by atoms with E-state index in [1.165, 1.54) is 12.8 Å². The zero-order valence-corrected chi connectivity index (χ0v) is 40.4. The van der Waals surface area contributed by atoms with E-state index in [1.54, 1.807) is 6.07 Å². The van der Waals surface area contributed by atoms with Gasteiger partial charge in [-0.25, -0.2) is 9.98 Å². The Morgan fingerprint density at radius 2 is 1.15 bits per heavy atom. The Morgan fingerprint density at radius 1 is 0.646 bits per heavy atom. The predicted molar refractivity (Wildman–Crippen MR) is 262 cm³/mol. The van der Waals surface area contributed by atoms with Gasteiger partial charge in [-0.2, -0.15) is 23.5 Å². The van der Waals surface area contributed by atoms with Crippen LogP contribution >= 0.6 is 23.5 Å². The molecule has 2 saturated heterocycles. The van der Waals surface area contributed by atoms with Crippen LogP contribution in [-0.2, 0) is 28.5 Å². The van der Waals surface area contributed by atoms with E-state index in [9.17, 15) is 14.4 Å². The van der Waals surface area contributed by atoms with Gasteiger partial charge in [0, 0.05) is 80.2 Å². The number of hydrogen-bond acceptors (Lipinski definition) is 16. The first-order valence-electron chi connectivity index (χ1n) is 24.1. The number of unbranched alkanes of at least 4 members (excludes halogenated alkanes) is 6. The molecule has 0 bridgehead atoms. The second-order valence-corrected chi connectivity index (χ2v) is 19.9. The Hall–Kier alpha value is -3.33. The van der Waals surface area contributed by atoms with Crippen molar-refractivity contribution in [2.24, 2.45) is 21.5 Å². The monoisotopic (exact) mass is 947 g/mol. The van der Waals surface area contributed by atoms with Crippen LogP contribution in [0, 0.1) is 6.92 Å². The maximum atomic E-state index is 12.9. The molecule has 6 atom stereocenters. The number of amides is 3. The van der Waals surface area contributed by atoms with Gasteiger partial charge in [-0.1, -0.05) is 43.4 Å². The third kappa shape index (κ3) is 20.6. The molecular weight excluding hydrogens is 869 g/mol. The highest BCUT2D eigenvalue weighted by Crippen LogP contribution is 2.36. The number of carbonyl (C=O) groups excluding carboxylic acids is 3. The lowest BCUT2D eigenvalue weighted by molar-refractivity contribution is -0.125. The minimum absolute atomic E-state index is 0.0929. The Kier molecular flexibility index (Phi) is 25.0. The number of nitrogens with zero attached hydrogens (tertiary/aromatic N) is 3. The van der Waals surface area contributed by atoms with Crippen LogP contribution in [0.4, 0.5) is 0 Å². The number of aliphatic imine (C=N–C) groups is 2. The third-order valence-corrected chi connectivity index (χ3v) is 14.9. The molecule has 4 aliphatic heterocycles. The van der Waals surface area contributed by atoms with Gasteiger partial charge in [0.25, 0.3) is 5.91 Å². The van der Waals surface area contributed by atoms with Crippen LogP contribution in [0.25, 0.3) is 0 Å². The predicted octanol–water partition coefficient (Wildman–Crippen LogP) is 2.55. The van der Waals surface area contributed by atoms with E-state index in [-0.39, 0.29) is 30.8 Å². The van der Waals surface area contributed by atoms with Crippen LogP contribution in [0.5, 0.6) is 0 Å². The minimum Gasteiger partial charge on any atom is -0.381 e. The number of carbonyl (C=O) groups is 3. The van der Waals surface area contributed by atoms with Crippen LogP contribution in [0.3, 0.4) is 0 Å². The molecule has 1 aromatic rings. The number of hydrogen-bond donors (Lipinski definition) is 7. The number of benzene rings is 1. The topological polar surface area (TPSA) is 228 Å². The first kappa shape index (κ1) is 52.6. The fourth-order valence-electron chi connectivity index (χ4n) is 8.39. The molecule has 0 unspecified atom stereocenters. The molecule has 65 heavy (non-hydrogen) atoms. The van der Waals surface area contributed by atoms with Crippen molar-refractivity contribution < 1.29 is 33.3 Å². The maximum absolute atomic E-state index is 12.9. The first-order valence-corrected chi connectivity index (χ1v) is 26.2. The summed E-state index contributed by atoms with van der Waals surface area (Å²) in [5.41, 5.74) is 13.4. The smallest absolute Gasteiger partial charge is 0.251 e. The number of fused-ring (bicyclic) bond motifs is 2. The molecule has 0 saturated carbocycles. The summed E-state index contributed by atoms with van der Waals surface area (Å²) >= 11 is 4.02. The van der Waals surface area contributed by atoms with Crippen molar-refractivity contribution in [1.82, 2.24) is 31.5 Å². The van der Waals surface area contributed by atoms with Crippen LogP contribution < -0.4 is 38.1 Å². The van der Waals surface area contributed by atoms with Gasteiger partial charge in [0.1, 0.15) is 0 Å². The highest BCUT2D eigenvalue weighted by molar-refractivity contribution is 8.00. The van der Waals surface area contributed by atoms with E-state index < -0.39 is 0 Å². The van der Waals surface area contributed by atoms with Crippen molar-refractivity contribution in [2.45, 2.75) is 119 Å². The highest BCUT2D eigenvalue weighted by atomic mass is 32.2. The lowest BCUT2D eigenvalue weighted by Gasteiger charge is -2.21. The van der Waals surface area contributed by atoms with E-state index in [1.807, 2.05) is 53.5 Å². The molecular formula is C46H78N10O7S2. The molecule has 2 fully saturated rings. The standard InChI is InChI=1S/C46H78N10O7S2/c1-34-13-12-14-35(29-34)44(59)51-19-25-62-27-28-63-26-20-56(30-40(57)49-17-6-10-23-60-21-8-2-4-15-38-42-36(32-64-38)52-45(47)54-42)31-41(58)50-18-7-11-24-61-22-9-3-5-16-39-43-37(33-65-39)53-46(48)55-43/h12-14,29,36-39,42-43H,2-11,15-28,30-33H2,1H3,(H,49,57)(H,50,58)(H,51,59)(H3,47,52,54)(H3,48,53,55)/t36-,37-,38-,39-,42-,43-/m0/s1. The van der Waals surface area contributed by atoms with Crippen molar-refractivity contribution in [1.29, 1.82) is 0 Å². The molecule has 9 N–H and O–H groups in total. The van der Waals surface area contributed by atoms with Crippen LogP contribution in [0.15, 0.2) is 34.3 Å². The van der Waals surface area contributed by atoms with Gasteiger partial charge < -0.3 is 57.0 Å². The van der Waals surface area contributed by atoms with Crippen LogP contribution in [0.1, 0.15) is 93.0 Å². The summed E-state index contributed by atoms with van der Waals surface area (Å²) in [5.74, 6) is 2.96. The van der Waals surface area contributed by atoms with Gasteiger partial charge >= 0.3 is 0 Å². The molecule has 0 aromatic heterocycles. The number of nitrogens with one attached hydrogen (secondary N) is 5. The number of ether oxygens (including phenoxy) is 4. The Bertz CT molecular complexity index is 1550. The zero-order chi connectivity index (χ0) is 45.9. The normalized spacial score (nSPS) is 21.9. The number of rotatable bonds is 36. The number of aryl methyl sites for hydroxylation is 1. The van der Waals surface area contributed by atoms with Crippen molar-refractivity contribution in [3.8, 4) is 0 Å². The molecule has 4 heterocycles. The fourth-order valence-corrected chi connectivity index (χ4v) is 11.4. The quantitative estimate of drug-likeness (QED) is 0.0481. The van der Waals surface area contributed by atoms with Gasteiger partial charge in [-0.05, 0) is 70.4 Å². The Balaban J connectivity index is 0.869. The van der Waals surface area contributed by atoms with E-state index in [0.29, 0.717) is 118 Å². The SMILES string of the molecule is Cc1cccc(C(=O)NCCOCCOCCN(CC(=O)NCCCCOCCCCC[C@@H]2SC[C@@H]3NC(N)=N[C@@H]32)CC(=O)NCCCCOCCCCC[C@@H]2SC[C@@H]3NC(N)=N[C@@H]32)c1. The number of guanidine groups is 2. The Morgan fingerprint density at radius 3 is 1.69 bits per heavy atom. The third-order valence-electron chi connectivity index (χ3n) is 11.9. The summed E-state index contributed by atoms with van der Waals surface area (Å²) < 4.78 is 23.1. The summed E-state index contributed by atoms with van der Waals surface area (Å²) in [6.07, 6.45) is 12.4. The van der Waals surface area contributed by atoms with Gasteiger partial charge in [-0.15, -0.1) is 0 Å². The zero-order valence-electron chi connectivity index (χ0n) is 38.7. The second-order valence-electron chi connectivity index (χ2n) is 17.4. The van der Waals surface area contributed by atoms with E-state index in [4.69, 9.17) is 30.4 Å². The summed E-state index contributed by atoms with van der Waals surface area (Å²) in [6.45, 7) is 8.32. The largest absolute Gasteiger partial charge is 0.381 e. The molecule has 4 aliphatic rings. The molecule has 0 radical (unpaired) electrons. The second kappa shape index (κ2) is 30.9. The van der Waals surface area contributed by atoms with Gasteiger partial charge in [0.05, 0.1) is 63.7 Å². The van der Waals surface area contributed by atoms with Crippen molar-refractivity contribution >= 4 is 53.2 Å². The number of nitrogens with two attached hydrogens (primary N) is 2. The van der Waals surface area contributed by atoms with E-state index in [0.717, 1.165) is 94.5 Å². The summed E-state index contributed by atoms with van der Waals surface area (Å²) in [4.78, 5) is 49.2. The molecule has 0 spiro atoms. The lowest BCUT2D eigenvalue weighted by atomic mass is 10.0. The van der Waals surface area contributed by atoms with E-state index in [2.05, 4.69) is 36.6 Å². The lowest BCUT2D eigenvalue weighted by Crippen LogP contribution is -2.44. The first-order chi connectivity index (χ1) is 31.7. The van der Waals surface area contributed by atoms with Crippen molar-refractivity contribution in [3.63, 3.8) is 0 Å². The van der Waals surface area contributed by atoms with Crippen molar-refractivity contribution in [3.05, 3.63) is 35.4 Å². The van der Waals surface area contributed by atoms with E-state index >= 15 is 0 Å². The molecule has 19 heteroatoms. The fraction of sp³-hybridized carbons (Fsp3) is 0.761. The molecule has 366 valence electrons. The van der Waals surface area contributed by atoms with Gasteiger partial charge in [0.15, 0.2) is 11.9 Å². The van der Waals surface area contributed by atoms with Crippen molar-refractivity contribution in [2.75, 3.05) is 104 Å². The minimum atomic E-state index is -0.131. The highest BCUT2D eigenvalue weighted by Gasteiger charge is 2.41. The summed E-state index contributed by atoms with van der Waals surface area (Å²) in [5, 5.41) is 16.5. The molecule has 5 rings (SSSR count). The summed E-state index contributed by atoms with van der Waals surface area (Å²) in [6, 6.07) is 8.92. The Labute approximate surface area is 395 Å². The average Bonchev–Trinajstić information content (AvgIpc) is 4.05. The average molecular weight is 947 g/mol. The number of thioether (sulfide) groups is 2. The summed E-state index contributed by atoms with van der Waals surface area (Å²) in [7, 11) is 0. The maximum Gasteiger partial charge on any atom is 0.251 e. The van der Waals surface area contributed by atoms with Gasteiger partial charge in [0.2, 0.25) is 11.8 Å². The molecule has 1 aromatic carbocycles. The van der Waals surface area contributed by atoms with Crippen LogP contribution in [-0.4, -0.2) is 173 Å². The van der Waals surface area contributed by atoms with Gasteiger partial charge in [-0.3, -0.25) is 19.3 Å². The molecule has 17 nitrogen and oxygen atoms in total.